The molecule has 0 saturated carbocycles. The lowest BCUT2D eigenvalue weighted by molar-refractivity contribution is 0.0920. The van der Waals surface area contributed by atoms with Crippen molar-refractivity contribution in [1.82, 2.24) is 5.32 Å². The Balaban J connectivity index is 1.79. The van der Waals surface area contributed by atoms with E-state index >= 15 is 0 Å². The van der Waals surface area contributed by atoms with E-state index in [4.69, 9.17) is 0 Å². The first-order chi connectivity index (χ1) is 13.2. The van der Waals surface area contributed by atoms with Gasteiger partial charge in [0, 0.05) is 5.56 Å². The van der Waals surface area contributed by atoms with Crippen LogP contribution in [0.15, 0.2) is 103 Å². The molecule has 0 radical (unpaired) electrons. The van der Waals surface area contributed by atoms with Crippen molar-refractivity contribution >= 4 is 16.7 Å². The van der Waals surface area contributed by atoms with E-state index in [0.717, 1.165) is 21.9 Å². The minimum atomic E-state index is -0.628. The van der Waals surface area contributed by atoms with Gasteiger partial charge in [-0.15, -0.1) is 0 Å². The number of nitrogens with one attached hydrogen (secondary N) is 1. The average Bonchev–Trinajstić information content (AvgIpc) is 2.74. The molecule has 27 heavy (non-hydrogen) atoms. The highest BCUT2D eigenvalue weighted by Crippen LogP contribution is 2.30. The second-order valence-electron chi connectivity index (χ2n) is 6.84. The van der Waals surface area contributed by atoms with Crippen LogP contribution in [0.2, 0.25) is 0 Å². The molecule has 0 fully saturated rings. The number of hydrogen-bond acceptors (Lipinski definition) is 1. The fourth-order valence-electron chi connectivity index (χ4n) is 3.57. The summed E-state index contributed by atoms with van der Waals surface area (Å²) in [6, 6.07) is 34.0. The van der Waals surface area contributed by atoms with Crippen LogP contribution < -0.4 is 5.32 Å². The summed E-state index contributed by atoms with van der Waals surface area (Å²) in [6.07, 6.45) is 0. The van der Waals surface area contributed by atoms with Gasteiger partial charge in [0.05, 0.1) is 5.54 Å². The minimum Gasteiger partial charge on any atom is -0.339 e. The molecule has 2 nitrogen and oxygen atoms in total. The van der Waals surface area contributed by atoms with Crippen LogP contribution >= 0.6 is 0 Å². The molecule has 2 heteroatoms. The minimum absolute atomic E-state index is 0.0815. The van der Waals surface area contributed by atoms with Crippen LogP contribution in [0.4, 0.5) is 0 Å². The van der Waals surface area contributed by atoms with E-state index in [0.29, 0.717) is 5.56 Å². The van der Waals surface area contributed by atoms with Gasteiger partial charge in [0.2, 0.25) is 0 Å². The van der Waals surface area contributed by atoms with Gasteiger partial charge < -0.3 is 5.32 Å². The maximum Gasteiger partial charge on any atom is 0.252 e. The number of carbonyl (C=O) groups excluding carboxylic acids is 1. The molecule has 0 aliphatic carbocycles. The van der Waals surface area contributed by atoms with Gasteiger partial charge in [0.1, 0.15) is 0 Å². The maximum atomic E-state index is 13.3. The Hall–Kier alpha value is -3.39. The molecular weight excluding hydrogens is 330 g/mol. The van der Waals surface area contributed by atoms with E-state index in [1.54, 1.807) is 0 Å². The van der Waals surface area contributed by atoms with E-state index in [9.17, 15) is 4.79 Å². The Morgan fingerprint density at radius 2 is 1.19 bits per heavy atom. The van der Waals surface area contributed by atoms with Gasteiger partial charge in [-0.1, -0.05) is 97.1 Å². The number of rotatable bonds is 4. The third kappa shape index (κ3) is 3.22. The Morgan fingerprint density at radius 3 is 1.81 bits per heavy atom. The molecule has 1 amide bonds. The monoisotopic (exact) mass is 351 g/mol. The molecule has 0 bridgehead atoms. The van der Waals surface area contributed by atoms with Gasteiger partial charge in [-0.2, -0.15) is 0 Å². The van der Waals surface area contributed by atoms with Crippen molar-refractivity contribution in [1.29, 1.82) is 0 Å². The highest BCUT2D eigenvalue weighted by Gasteiger charge is 2.31. The van der Waals surface area contributed by atoms with Gasteiger partial charge in [-0.05, 0) is 34.9 Å². The van der Waals surface area contributed by atoms with Gasteiger partial charge in [0.15, 0.2) is 0 Å². The summed E-state index contributed by atoms with van der Waals surface area (Å²) in [5, 5.41) is 5.32. The summed E-state index contributed by atoms with van der Waals surface area (Å²) in [4.78, 5) is 13.3. The zero-order chi connectivity index (χ0) is 18.7. The lowest BCUT2D eigenvalue weighted by atomic mass is 9.84. The first-order valence-electron chi connectivity index (χ1n) is 9.10. The standard InChI is InChI=1S/C25H21NO/c1-25(20-13-4-2-5-14-20,21-15-6-3-7-16-21)26-24(27)23-18-10-12-19-11-8-9-17-22(19)23/h2-18H,1H3,(H,26,27). The number of amides is 1. The van der Waals surface area contributed by atoms with Crippen LogP contribution in [0, 0.1) is 0 Å². The Kier molecular flexibility index (Phi) is 4.47. The fourth-order valence-corrected chi connectivity index (χ4v) is 3.57. The zero-order valence-electron chi connectivity index (χ0n) is 15.2. The van der Waals surface area contributed by atoms with Crippen LogP contribution in [0.5, 0.6) is 0 Å². The molecule has 0 heterocycles. The molecule has 0 aliphatic rings. The van der Waals surface area contributed by atoms with Gasteiger partial charge >= 0.3 is 0 Å². The summed E-state index contributed by atoms with van der Waals surface area (Å²) in [5.74, 6) is -0.0815. The smallest absolute Gasteiger partial charge is 0.252 e. The van der Waals surface area contributed by atoms with E-state index in [1.807, 2.05) is 78.9 Å². The molecule has 0 aliphatic heterocycles. The molecule has 4 aromatic rings. The summed E-state index contributed by atoms with van der Waals surface area (Å²) in [7, 11) is 0. The molecule has 4 rings (SSSR count). The highest BCUT2D eigenvalue weighted by molar-refractivity contribution is 6.07. The molecule has 0 aromatic heterocycles. The summed E-state index contributed by atoms with van der Waals surface area (Å²) >= 11 is 0. The Bertz CT molecular complexity index is 1030. The molecule has 4 aromatic carbocycles. The zero-order valence-corrected chi connectivity index (χ0v) is 15.2. The first kappa shape index (κ1) is 17.0. The summed E-state index contributed by atoms with van der Waals surface area (Å²) in [6.45, 7) is 2.06. The van der Waals surface area contributed by atoms with Crippen LogP contribution in [-0.4, -0.2) is 5.91 Å². The first-order valence-corrected chi connectivity index (χ1v) is 9.10. The topological polar surface area (TPSA) is 29.1 Å². The van der Waals surface area contributed by atoms with Crippen molar-refractivity contribution in [2.75, 3.05) is 0 Å². The SMILES string of the molecule is CC(NC(=O)c1cccc2ccccc12)(c1ccccc1)c1ccccc1. The van der Waals surface area contributed by atoms with Crippen LogP contribution in [0.3, 0.4) is 0 Å². The second-order valence-corrected chi connectivity index (χ2v) is 6.84. The summed E-state index contributed by atoms with van der Waals surface area (Å²) < 4.78 is 0. The van der Waals surface area contributed by atoms with Crippen molar-refractivity contribution in [3.05, 3.63) is 120 Å². The van der Waals surface area contributed by atoms with Crippen LogP contribution in [0.1, 0.15) is 28.4 Å². The van der Waals surface area contributed by atoms with Gasteiger partial charge in [-0.25, -0.2) is 0 Å². The second kappa shape index (κ2) is 7.08. The largest absolute Gasteiger partial charge is 0.339 e. The quantitative estimate of drug-likeness (QED) is 0.514. The predicted molar refractivity (Wildman–Crippen MR) is 111 cm³/mol. The molecule has 132 valence electrons. The molecule has 1 N–H and O–H groups in total. The number of fused-ring (bicyclic) bond motifs is 1. The van der Waals surface area contributed by atoms with Crippen LogP contribution in [0.25, 0.3) is 10.8 Å². The third-order valence-corrected chi connectivity index (χ3v) is 5.10. The predicted octanol–water partition coefficient (Wildman–Crippen LogP) is 5.53. The lowest BCUT2D eigenvalue weighted by Crippen LogP contribution is -2.44. The van der Waals surface area contributed by atoms with Crippen molar-refractivity contribution < 1.29 is 4.79 Å². The summed E-state index contributed by atoms with van der Waals surface area (Å²) in [5.41, 5.74) is 2.15. The van der Waals surface area contributed by atoms with Gasteiger partial charge in [-0.3, -0.25) is 4.79 Å². The fraction of sp³-hybridized carbons (Fsp3) is 0.0800. The van der Waals surface area contributed by atoms with Crippen molar-refractivity contribution in [2.45, 2.75) is 12.5 Å². The maximum absolute atomic E-state index is 13.3. The normalized spacial score (nSPS) is 11.3. The Morgan fingerprint density at radius 1 is 0.667 bits per heavy atom. The molecular formula is C25H21NO. The van der Waals surface area contributed by atoms with Gasteiger partial charge in [0.25, 0.3) is 5.91 Å². The number of carbonyl (C=O) groups is 1. The Labute approximate surface area is 159 Å². The van der Waals surface area contributed by atoms with E-state index in [-0.39, 0.29) is 5.91 Å². The van der Waals surface area contributed by atoms with Crippen molar-refractivity contribution in [2.24, 2.45) is 0 Å². The van der Waals surface area contributed by atoms with E-state index in [2.05, 4.69) is 36.5 Å². The highest BCUT2D eigenvalue weighted by atomic mass is 16.1. The molecule has 0 spiro atoms. The van der Waals surface area contributed by atoms with Crippen LogP contribution in [-0.2, 0) is 5.54 Å². The molecule has 0 saturated heterocycles. The molecule has 0 unspecified atom stereocenters. The third-order valence-electron chi connectivity index (χ3n) is 5.10. The number of hydrogen-bond donors (Lipinski definition) is 1. The van der Waals surface area contributed by atoms with Crippen molar-refractivity contribution in [3.63, 3.8) is 0 Å². The van der Waals surface area contributed by atoms with Crippen molar-refractivity contribution in [3.8, 4) is 0 Å². The van der Waals surface area contributed by atoms with E-state index < -0.39 is 5.54 Å². The average molecular weight is 351 g/mol. The number of benzene rings is 4. The lowest BCUT2D eigenvalue weighted by Gasteiger charge is -2.32. The van der Waals surface area contributed by atoms with E-state index in [1.165, 1.54) is 0 Å². The molecule has 0 atom stereocenters.